The molecule has 0 aliphatic heterocycles. The van der Waals surface area contributed by atoms with Crippen molar-refractivity contribution < 1.29 is 0 Å². The van der Waals surface area contributed by atoms with Crippen LogP contribution in [0.2, 0.25) is 0 Å². The van der Waals surface area contributed by atoms with Crippen LogP contribution in [0.1, 0.15) is 25.5 Å². The van der Waals surface area contributed by atoms with Gasteiger partial charge in [0, 0.05) is 29.8 Å². The van der Waals surface area contributed by atoms with E-state index >= 15 is 0 Å². The van der Waals surface area contributed by atoms with Crippen molar-refractivity contribution in [1.29, 1.82) is 0 Å². The molecule has 2 heterocycles. The zero-order valence-electron chi connectivity index (χ0n) is 8.88. The zero-order chi connectivity index (χ0) is 10.8. The molecule has 0 spiro atoms. The van der Waals surface area contributed by atoms with E-state index in [0.29, 0.717) is 11.6 Å². The van der Waals surface area contributed by atoms with E-state index in [2.05, 4.69) is 23.9 Å². The number of nitrogen functional groups attached to an aromatic ring is 1. The highest BCUT2D eigenvalue weighted by atomic mass is 15.3. The molecule has 4 heteroatoms. The smallest absolute Gasteiger partial charge is 0.155 e. The highest BCUT2D eigenvalue weighted by molar-refractivity contribution is 5.43. The number of hydrogen-bond donors (Lipinski definition) is 1. The molecular formula is C11H14N4. The van der Waals surface area contributed by atoms with Crippen LogP contribution in [-0.4, -0.2) is 14.8 Å². The first-order valence-electron chi connectivity index (χ1n) is 4.94. The van der Waals surface area contributed by atoms with Crippen LogP contribution in [-0.2, 0) is 0 Å². The molecule has 15 heavy (non-hydrogen) atoms. The average Bonchev–Trinajstić information content (AvgIpc) is 2.65. The Hall–Kier alpha value is -1.84. The maximum absolute atomic E-state index is 5.71. The monoisotopic (exact) mass is 202 g/mol. The molecule has 2 rings (SSSR count). The van der Waals surface area contributed by atoms with Gasteiger partial charge in [-0.2, -0.15) is 5.10 Å². The molecule has 4 nitrogen and oxygen atoms in total. The number of nitrogens with two attached hydrogens (primary N) is 1. The molecule has 0 fully saturated rings. The number of nitrogens with zero attached hydrogens (tertiary/aromatic N) is 3. The summed E-state index contributed by atoms with van der Waals surface area (Å²) in [5.41, 5.74) is 7.54. The van der Waals surface area contributed by atoms with Crippen LogP contribution in [0.5, 0.6) is 0 Å². The summed E-state index contributed by atoms with van der Waals surface area (Å²) in [6.45, 7) is 4.25. The Morgan fingerprint density at radius 1 is 1.27 bits per heavy atom. The Labute approximate surface area is 88.8 Å². The number of rotatable bonds is 2. The molecule has 0 aliphatic carbocycles. The number of aromatic nitrogens is 3. The highest BCUT2D eigenvalue weighted by Crippen LogP contribution is 2.17. The van der Waals surface area contributed by atoms with E-state index in [4.69, 9.17) is 5.73 Å². The minimum Gasteiger partial charge on any atom is -0.399 e. The Bertz CT molecular complexity index is 459. The first-order valence-corrected chi connectivity index (χ1v) is 4.94. The van der Waals surface area contributed by atoms with Gasteiger partial charge in [0.05, 0.1) is 0 Å². The van der Waals surface area contributed by atoms with E-state index in [0.717, 1.165) is 11.5 Å². The van der Waals surface area contributed by atoms with E-state index in [1.54, 1.807) is 18.5 Å². The van der Waals surface area contributed by atoms with E-state index < -0.39 is 0 Å². The molecule has 0 unspecified atom stereocenters. The summed E-state index contributed by atoms with van der Waals surface area (Å²) in [5.74, 6) is 1.18. The summed E-state index contributed by atoms with van der Waals surface area (Å²) >= 11 is 0. The molecule has 0 radical (unpaired) electrons. The number of hydrogen-bond acceptors (Lipinski definition) is 3. The van der Waals surface area contributed by atoms with Crippen LogP contribution in [0.4, 0.5) is 5.69 Å². The van der Waals surface area contributed by atoms with E-state index in [1.807, 2.05) is 16.8 Å². The quantitative estimate of drug-likeness (QED) is 0.810. The molecule has 78 valence electrons. The van der Waals surface area contributed by atoms with Crippen molar-refractivity contribution >= 4 is 5.69 Å². The summed E-state index contributed by atoms with van der Waals surface area (Å²) in [4.78, 5) is 4.25. The molecule has 0 amide bonds. The Morgan fingerprint density at radius 3 is 2.73 bits per heavy atom. The first kappa shape index (κ1) is 9.71. The van der Waals surface area contributed by atoms with Gasteiger partial charge in [0.2, 0.25) is 0 Å². The summed E-state index contributed by atoms with van der Waals surface area (Å²) in [6.07, 6.45) is 3.47. The van der Waals surface area contributed by atoms with Crippen molar-refractivity contribution in [2.45, 2.75) is 19.8 Å². The molecule has 2 aromatic rings. The predicted molar refractivity (Wildman–Crippen MR) is 59.9 cm³/mol. The molecule has 2 aromatic heterocycles. The van der Waals surface area contributed by atoms with Crippen LogP contribution in [0.25, 0.3) is 5.82 Å². The minimum absolute atomic E-state index is 0.413. The van der Waals surface area contributed by atoms with Gasteiger partial charge in [0.25, 0.3) is 0 Å². The van der Waals surface area contributed by atoms with Crippen LogP contribution < -0.4 is 5.73 Å². The summed E-state index contributed by atoms with van der Waals surface area (Å²) < 4.78 is 1.82. The zero-order valence-corrected chi connectivity index (χ0v) is 8.88. The lowest BCUT2D eigenvalue weighted by molar-refractivity contribution is 0.721. The topological polar surface area (TPSA) is 56.7 Å². The SMILES string of the molecule is CC(C)c1ccnn1-c1cc(N)ccn1. The van der Waals surface area contributed by atoms with E-state index in [1.165, 1.54) is 0 Å². The number of anilines is 1. The van der Waals surface area contributed by atoms with Crippen LogP contribution >= 0.6 is 0 Å². The summed E-state index contributed by atoms with van der Waals surface area (Å²) in [6, 6.07) is 5.58. The maximum atomic E-state index is 5.71. The van der Waals surface area contributed by atoms with Crippen molar-refractivity contribution in [3.63, 3.8) is 0 Å². The average molecular weight is 202 g/mol. The number of pyridine rings is 1. The molecule has 2 N–H and O–H groups in total. The second kappa shape index (κ2) is 3.73. The molecule has 0 bridgehead atoms. The Kier molecular flexibility index (Phi) is 2.41. The first-order chi connectivity index (χ1) is 7.18. The second-order valence-electron chi connectivity index (χ2n) is 3.77. The van der Waals surface area contributed by atoms with Gasteiger partial charge >= 0.3 is 0 Å². The fraction of sp³-hybridized carbons (Fsp3) is 0.273. The molecule has 0 saturated heterocycles. The second-order valence-corrected chi connectivity index (χ2v) is 3.77. The van der Waals surface area contributed by atoms with Crippen molar-refractivity contribution in [3.8, 4) is 5.82 Å². The van der Waals surface area contributed by atoms with Crippen molar-refractivity contribution in [2.24, 2.45) is 0 Å². The van der Waals surface area contributed by atoms with Gasteiger partial charge in [0.15, 0.2) is 5.82 Å². The fourth-order valence-corrected chi connectivity index (χ4v) is 1.49. The van der Waals surface area contributed by atoms with Gasteiger partial charge in [-0.15, -0.1) is 0 Å². The standard InChI is InChI=1S/C11H14N4/c1-8(2)10-4-6-14-15(10)11-7-9(12)3-5-13-11/h3-8H,1-2H3,(H2,12,13). The third-order valence-corrected chi connectivity index (χ3v) is 2.25. The van der Waals surface area contributed by atoms with E-state index in [9.17, 15) is 0 Å². The third kappa shape index (κ3) is 1.83. The van der Waals surface area contributed by atoms with Gasteiger partial charge < -0.3 is 5.73 Å². The normalized spacial score (nSPS) is 10.9. The van der Waals surface area contributed by atoms with Crippen LogP contribution in [0.3, 0.4) is 0 Å². The van der Waals surface area contributed by atoms with Gasteiger partial charge in [-0.3, -0.25) is 0 Å². The van der Waals surface area contributed by atoms with Crippen molar-refractivity contribution in [1.82, 2.24) is 14.8 Å². The van der Waals surface area contributed by atoms with Crippen LogP contribution in [0, 0.1) is 0 Å². The Balaban J connectivity index is 2.49. The summed E-state index contributed by atoms with van der Waals surface area (Å²) in [5, 5.41) is 4.25. The fourth-order valence-electron chi connectivity index (χ4n) is 1.49. The van der Waals surface area contributed by atoms with Crippen molar-refractivity contribution in [2.75, 3.05) is 5.73 Å². The van der Waals surface area contributed by atoms with Gasteiger partial charge in [-0.25, -0.2) is 9.67 Å². The lowest BCUT2D eigenvalue weighted by Crippen LogP contribution is -2.05. The molecule has 0 saturated carbocycles. The molecule has 0 aromatic carbocycles. The Morgan fingerprint density at radius 2 is 2.07 bits per heavy atom. The molecule has 0 aliphatic rings. The maximum Gasteiger partial charge on any atom is 0.155 e. The van der Waals surface area contributed by atoms with Gasteiger partial charge in [-0.05, 0) is 18.1 Å². The largest absolute Gasteiger partial charge is 0.399 e. The highest BCUT2D eigenvalue weighted by Gasteiger charge is 2.08. The van der Waals surface area contributed by atoms with Gasteiger partial charge in [0.1, 0.15) is 0 Å². The lowest BCUT2D eigenvalue weighted by atomic mass is 10.1. The molecule has 0 atom stereocenters. The van der Waals surface area contributed by atoms with Crippen molar-refractivity contribution in [3.05, 3.63) is 36.3 Å². The summed E-state index contributed by atoms with van der Waals surface area (Å²) in [7, 11) is 0. The predicted octanol–water partition coefficient (Wildman–Crippen LogP) is 1.97. The minimum atomic E-state index is 0.413. The third-order valence-electron chi connectivity index (χ3n) is 2.25. The molecular weight excluding hydrogens is 188 g/mol. The van der Waals surface area contributed by atoms with E-state index in [-0.39, 0.29) is 0 Å². The van der Waals surface area contributed by atoms with Gasteiger partial charge in [-0.1, -0.05) is 13.8 Å². The lowest BCUT2D eigenvalue weighted by Gasteiger charge is -2.09. The van der Waals surface area contributed by atoms with Crippen LogP contribution in [0.15, 0.2) is 30.6 Å².